The van der Waals surface area contributed by atoms with Crippen molar-refractivity contribution < 1.29 is 9.53 Å². The Kier molecular flexibility index (Phi) is 5.96. The van der Waals surface area contributed by atoms with Crippen molar-refractivity contribution in [1.82, 2.24) is 14.9 Å². The van der Waals surface area contributed by atoms with Crippen molar-refractivity contribution in [3.63, 3.8) is 0 Å². The Morgan fingerprint density at radius 2 is 1.88 bits per heavy atom. The molecule has 3 aromatic rings. The number of carbonyl (C=O) groups excluding carboxylic acids is 1. The summed E-state index contributed by atoms with van der Waals surface area (Å²) in [5.74, 6) is 1.14. The number of methoxy groups -OCH3 is 1. The highest BCUT2D eigenvalue weighted by Crippen LogP contribution is 2.28. The predicted octanol–water partition coefficient (Wildman–Crippen LogP) is 3.45. The number of rotatable bonds is 7. The number of imidazole rings is 1. The van der Waals surface area contributed by atoms with E-state index in [1.54, 1.807) is 14.2 Å². The average Bonchev–Trinajstić information content (AvgIpc) is 3.09. The van der Waals surface area contributed by atoms with E-state index >= 15 is 0 Å². The molecule has 1 amide bonds. The summed E-state index contributed by atoms with van der Waals surface area (Å²) in [7, 11) is 3.30. The number of benzene rings is 2. The number of carbonyl (C=O) groups is 1. The zero-order valence-electron chi connectivity index (χ0n) is 14.8. The number of hydrogen-bond donors (Lipinski definition) is 1. The number of ether oxygens (including phenoxy) is 1. The molecule has 0 aliphatic carbocycles. The van der Waals surface area contributed by atoms with Crippen molar-refractivity contribution in [3.8, 4) is 17.0 Å². The molecule has 26 heavy (non-hydrogen) atoms. The predicted molar refractivity (Wildman–Crippen MR) is 105 cm³/mol. The Morgan fingerprint density at radius 3 is 2.54 bits per heavy atom. The lowest BCUT2D eigenvalue weighted by Crippen LogP contribution is -2.20. The molecule has 134 valence electrons. The van der Waals surface area contributed by atoms with Gasteiger partial charge in [-0.05, 0) is 29.8 Å². The molecular weight excluding hydrogens is 346 g/mol. The minimum absolute atomic E-state index is 0.0183. The molecule has 0 fully saturated rings. The maximum absolute atomic E-state index is 11.6. The first-order valence-electron chi connectivity index (χ1n) is 8.28. The maximum atomic E-state index is 11.6. The van der Waals surface area contributed by atoms with Gasteiger partial charge in [0.05, 0.1) is 31.3 Å². The number of nitrogens with zero attached hydrogens (tertiary/aromatic N) is 2. The van der Waals surface area contributed by atoms with Crippen LogP contribution in [0.5, 0.6) is 5.75 Å². The highest BCUT2D eigenvalue weighted by Gasteiger charge is 2.14. The van der Waals surface area contributed by atoms with Gasteiger partial charge < -0.3 is 14.6 Å². The van der Waals surface area contributed by atoms with Crippen molar-refractivity contribution in [2.24, 2.45) is 0 Å². The molecule has 0 spiro atoms. The number of amides is 1. The van der Waals surface area contributed by atoms with Crippen LogP contribution in [0.3, 0.4) is 0 Å². The Bertz CT molecular complexity index is 861. The molecule has 0 aliphatic heterocycles. The van der Waals surface area contributed by atoms with Crippen molar-refractivity contribution in [1.29, 1.82) is 0 Å². The van der Waals surface area contributed by atoms with Crippen molar-refractivity contribution >= 4 is 17.7 Å². The van der Waals surface area contributed by atoms with Gasteiger partial charge in [-0.2, -0.15) is 0 Å². The van der Waals surface area contributed by atoms with Gasteiger partial charge in [-0.1, -0.05) is 42.1 Å². The molecule has 0 unspecified atom stereocenters. The summed E-state index contributed by atoms with van der Waals surface area (Å²) < 4.78 is 7.39. The fourth-order valence-corrected chi connectivity index (χ4v) is 3.44. The van der Waals surface area contributed by atoms with Crippen LogP contribution in [-0.2, 0) is 11.3 Å². The fourth-order valence-electron chi connectivity index (χ4n) is 2.59. The van der Waals surface area contributed by atoms with Gasteiger partial charge in [-0.15, -0.1) is 0 Å². The van der Waals surface area contributed by atoms with E-state index < -0.39 is 0 Å². The molecule has 1 N–H and O–H groups in total. The third-order valence-corrected chi connectivity index (χ3v) is 4.99. The number of nitrogens with one attached hydrogen (secondary N) is 1. The summed E-state index contributed by atoms with van der Waals surface area (Å²) in [4.78, 5) is 16.2. The molecule has 0 atom stereocenters. The van der Waals surface area contributed by atoms with Gasteiger partial charge in [0.2, 0.25) is 5.91 Å². The van der Waals surface area contributed by atoms with Crippen LogP contribution in [0.15, 0.2) is 66.0 Å². The van der Waals surface area contributed by atoms with Gasteiger partial charge in [0.1, 0.15) is 5.75 Å². The second-order valence-electron chi connectivity index (χ2n) is 5.69. The van der Waals surface area contributed by atoms with Gasteiger partial charge in [-0.3, -0.25) is 4.79 Å². The SMILES string of the molecule is CNC(=O)CSc1ncc(-c2ccc(OC)cc2)n1Cc1ccccc1. The molecule has 5 nitrogen and oxygen atoms in total. The van der Waals surface area contributed by atoms with Crippen LogP contribution < -0.4 is 10.1 Å². The van der Waals surface area contributed by atoms with E-state index in [4.69, 9.17) is 4.74 Å². The van der Waals surface area contributed by atoms with Gasteiger partial charge in [-0.25, -0.2) is 4.98 Å². The van der Waals surface area contributed by atoms with Crippen LogP contribution in [0.4, 0.5) is 0 Å². The van der Waals surface area contributed by atoms with E-state index in [-0.39, 0.29) is 5.91 Å². The fraction of sp³-hybridized carbons (Fsp3) is 0.200. The van der Waals surface area contributed by atoms with Crippen LogP contribution in [0.2, 0.25) is 0 Å². The van der Waals surface area contributed by atoms with Crippen LogP contribution in [0.1, 0.15) is 5.56 Å². The maximum Gasteiger partial charge on any atom is 0.230 e. The normalized spacial score (nSPS) is 10.5. The summed E-state index contributed by atoms with van der Waals surface area (Å²) in [6, 6.07) is 18.1. The summed E-state index contributed by atoms with van der Waals surface area (Å²) in [6.45, 7) is 0.693. The quantitative estimate of drug-likeness (QED) is 0.650. The second-order valence-corrected chi connectivity index (χ2v) is 6.63. The number of aromatic nitrogens is 2. The van der Waals surface area contributed by atoms with Crippen molar-refractivity contribution in [2.45, 2.75) is 11.7 Å². The number of hydrogen-bond acceptors (Lipinski definition) is 4. The van der Waals surface area contributed by atoms with E-state index in [2.05, 4.69) is 27.0 Å². The van der Waals surface area contributed by atoms with E-state index in [0.717, 1.165) is 22.2 Å². The lowest BCUT2D eigenvalue weighted by molar-refractivity contribution is -0.118. The molecule has 3 rings (SSSR count). The first kappa shape index (κ1) is 18.1. The minimum atomic E-state index is -0.0183. The Labute approximate surface area is 157 Å². The zero-order valence-corrected chi connectivity index (χ0v) is 15.6. The first-order valence-corrected chi connectivity index (χ1v) is 9.27. The highest BCUT2D eigenvalue weighted by atomic mass is 32.2. The molecule has 1 aromatic heterocycles. The number of thioether (sulfide) groups is 1. The van der Waals surface area contributed by atoms with E-state index in [1.165, 1.54) is 17.3 Å². The average molecular weight is 367 g/mol. The molecule has 0 bridgehead atoms. The Hall–Kier alpha value is -2.73. The van der Waals surface area contributed by atoms with E-state index in [9.17, 15) is 4.79 Å². The standard InChI is InChI=1S/C20H21N3O2S/c1-21-19(24)14-26-20-22-12-18(16-8-10-17(25-2)11-9-16)23(20)13-15-6-4-3-5-7-15/h3-12H,13-14H2,1-2H3,(H,21,24). The van der Waals surface area contributed by atoms with Gasteiger partial charge in [0.15, 0.2) is 5.16 Å². The molecule has 0 aliphatic rings. The van der Waals surface area contributed by atoms with Crippen LogP contribution in [-0.4, -0.2) is 35.4 Å². The molecule has 1 heterocycles. The van der Waals surface area contributed by atoms with Gasteiger partial charge >= 0.3 is 0 Å². The molecule has 0 saturated heterocycles. The molecule has 0 saturated carbocycles. The Morgan fingerprint density at radius 1 is 1.15 bits per heavy atom. The van der Waals surface area contributed by atoms with E-state index in [1.807, 2.05) is 48.7 Å². The van der Waals surface area contributed by atoms with Crippen molar-refractivity contribution in [2.75, 3.05) is 19.9 Å². The van der Waals surface area contributed by atoms with Crippen LogP contribution >= 0.6 is 11.8 Å². The van der Waals surface area contributed by atoms with Crippen molar-refractivity contribution in [3.05, 3.63) is 66.4 Å². The van der Waals surface area contributed by atoms with E-state index in [0.29, 0.717) is 12.3 Å². The lowest BCUT2D eigenvalue weighted by atomic mass is 10.1. The van der Waals surface area contributed by atoms with Gasteiger partial charge in [0.25, 0.3) is 0 Å². The second kappa shape index (κ2) is 8.58. The largest absolute Gasteiger partial charge is 0.497 e. The highest BCUT2D eigenvalue weighted by molar-refractivity contribution is 7.99. The van der Waals surface area contributed by atoms with Gasteiger partial charge in [0, 0.05) is 12.6 Å². The molecular formula is C20H21N3O2S. The third kappa shape index (κ3) is 4.26. The summed E-state index contributed by atoms with van der Waals surface area (Å²) in [5, 5.41) is 3.47. The lowest BCUT2D eigenvalue weighted by Gasteiger charge is -2.12. The molecule has 2 aromatic carbocycles. The summed E-state index contributed by atoms with van der Waals surface area (Å²) in [6.07, 6.45) is 1.86. The molecule has 0 radical (unpaired) electrons. The van der Waals surface area contributed by atoms with Crippen LogP contribution in [0, 0.1) is 0 Å². The smallest absolute Gasteiger partial charge is 0.230 e. The monoisotopic (exact) mass is 367 g/mol. The zero-order chi connectivity index (χ0) is 18.4. The topological polar surface area (TPSA) is 56.1 Å². The third-order valence-electron chi connectivity index (χ3n) is 4.00. The summed E-state index contributed by atoms with van der Waals surface area (Å²) in [5.41, 5.74) is 3.25. The molecule has 6 heteroatoms. The first-order chi connectivity index (χ1) is 12.7. The Balaban J connectivity index is 1.94. The minimum Gasteiger partial charge on any atom is -0.497 e. The summed E-state index contributed by atoms with van der Waals surface area (Å²) >= 11 is 1.44. The van der Waals surface area contributed by atoms with Crippen LogP contribution in [0.25, 0.3) is 11.3 Å².